The Labute approximate surface area is 183 Å². The van der Waals surface area contributed by atoms with Crippen LogP contribution < -0.4 is 15.0 Å². The second-order valence-corrected chi connectivity index (χ2v) is 8.01. The standard InChI is InChI=1S/C25H28N4O2/c1-18-7-6-10-22(17-18)31-25-23(26-13-14-27-25)29-15-11-21(12-16-29)24(30)28-19(2)20-8-4-3-5-9-20/h3-10,13-14,17,19,21H,11-12,15-16H2,1-2H3,(H,28,30)/t19-/m0/s1. The van der Waals surface area contributed by atoms with Crippen molar-refractivity contribution in [3.63, 3.8) is 0 Å². The molecule has 0 spiro atoms. The number of aromatic nitrogens is 2. The normalized spacial score (nSPS) is 15.4. The first-order chi connectivity index (χ1) is 15.1. The smallest absolute Gasteiger partial charge is 0.263 e. The minimum Gasteiger partial charge on any atom is -0.436 e. The third kappa shape index (κ3) is 5.20. The van der Waals surface area contributed by atoms with E-state index >= 15 is 0 Å². The van der Waals surface area contributed by atoms with Crippen molar-refractivity contribution >= 4 is 11.7 Å². The number of benzene rings is 2. The van der Waals surface area contributed by atoms with Gasteiger partial charge in [0.25, 0.3) is 5.88 Å². The minimum absolute atomic E-state index is 0.000208. The van der Waals surface area contributed by atoms with E-state index in [0.717, 1.165) is 48.6 Å². The van der Waals surface area contributed by atoms with Gasteiger partial charge in [-0.1, -0.05) is 42.5 Å². The molecule has 1 aromatic heterocycles. The van der Waals surface area contributed by atoms with Crippen molar-refractivity contribution in [2.45, 2.75) is 32.7 Å². The van der Waals surface area contributed by atoms with Gasteiger partial charge < -0.3 is 15.0 Å². The molecular formula is C25H28N4O2. The number of carbonyl (C=O) groups is 1. The van der Waals surface area contributed by atoms with Gasteiger partial charge in [-0.2, -0.15) is 0 Å². The Balaban J connectivity index is 1.37. The molecule has 160 valence electrons. The van der Waals surface area contributed by atoms with Gasteiger partial charge in [-0.25, -0.2) is 9.97 Å². The first-order valence-electron chi connectivity index (χ1n) is 10.8. The van der Waals surface area contributed by atoms with Gasteiger partial charge in [0.05, 0.1) is 6.04 Å². The van der Waals surface area contributed by atoms with Crippen molar-refractivity contribution < 1.29 is 9.53 Å². The Kier molecular flexibility index (Phi) is 6.46. The maximum Gasteiger partial charge on any atom is 0.263 e. The van der Waals surface area contributed by atoms with Crippen LogP contribution in [0, 0.1) is 12.8 Å². The van der Waals surface area contributed by atoms with Crippen molar-refractivity contribution in [2.24, 2.45) is 5.92 Å². The topological polar surface area (TPSA) is 67.4 Å². The van der Waals surface area contributed by atoms with E-state index < -0.39 is 0 Å². The van der Waals surface area contributed by atoms with Crippen molar-refractivity contribution in [1.29, 1.82) is 0 Å². The van der Waals surface area contributed by atoms with E-state index in [-0.39, 0.29) is 17.9 Å². The van der Waals surface area contributed by atoms with Crippen molar-refractivity contribution in [3.8, 4) is 11.6 Å². The van der Waals surface area contributed by atoms with Crippen LogP contribution in [0.3, 0.4) is 0 Å². The maximum atomic E-state index is 12.8. The van der Waals surface area contributed by atoms with Crippen LogP contribution in [0.2, 0.25) is 0 Å². The maximum absolute atomic E-state index is 12.8. The fourth-order valence-electron chi connectivity index (χ4n) is 3.91. The number of amides is 1. The molecule has 1 amide bonds. The zero-order valence-corrected chi connectivity index (χ0v) is 18.0. The Morgan fingerprint density at radius 1 is 1.06 bits per heavy atom. The zero-order chi connectivity index (χ0) is 21.6. The van der Waals surface area contributed by atoms with Crippen molar-refractivity contribution in [2.75, 3.05) is 18.0 Å². The van der Waals surface area contributed by atoms with Crippen LogP contribution in [-0.4, -0.2) is 29.0 Å². The molecule has 1 aliphatic heterocycles. The second-order valence-electron chi connectivity index (χ2n) is 8.01. The van der Waals surface area contributed by atoms with E-state index in [1.54, 1.807) is 12.4 Å². The average Bonchev–Trinajstić information content (AvgIpc) is 2.80. The van der Waals surface area contributed by atoms with Gasteiger partial charge >= 0.3 is 0 Å². The number of nitrogens with one attached hydrogen (secondary N) is 1. The summed E-state index contributed by atoms with van der Waals surface area (Å²) in [6.45, 7) is 5.52. The molecule has 0 aliphatic carbocycles. The number of rotatable bonds is 6. The van der Waals surface area contributed by atoms with E-state index in [4.69, 9.17) is 4.74 Å². The van der Waals surface area contributed by atoms with E-state index in [2.05, 4.69) is 20.2 Å². The van der Waals surface area contributed by atoms with Crippen LogP contribution >= 0.6 is 0 Å². The van der Waals surface area contributed by atoms with E-state index in [1.807, 2.05) is 68.4 Å². The van der Waals surface area contributed by atoms with Crippen LogP contribution in [0.5, 0.6) is 11.6 Å². The number of piperidine rings is 1. The molecular weight excluding hydrogens is 388 g/mol. The lowest BCUT2D eigenvalue weighted by Crippen LogP contribution is -2.41. The molecule has 1 aliphatic rings. The van der Waals surface area contributed by atoms with Crippen molar-refractivity contribution in [1.82, 2.24) is 15.3 Å². The summed E-state index contributed by atoms with van der Waals surface area (Å²) in [6, 6.07) is 17.9. The quantitative estimate of drug-likeness (QED) is 0.632. The highest BCUT2D eigenvalue weighted by molar-refractivity contribution is 5.79. The molecule has 2 heterocycles. The zero-order valence-electron chi connectivity index (χ0n) is 18.0. The highest BCUT2D eigenvalue weighted by Crippen LogP contribution is 2.31. The summed E-state index contributed by atoms with van der Waals surface area (Å²) in [6.07, 6.45) is 4.86. The molecule has 1 saturated heterocycles. The molecule has 1 atom stereocenters. The lowest BCUT2D eigenvalue weighted by Gasteiger charge is -2.33. The minimum atomic E-state index is 0.000208. The van der Waals surface area contributed by atoms with E-state index in [0.29, 0.717) is 5.88 Å². The third-order valence-electron chi connectivity index (χ3n) is 5.67. The number of hydrogen-bond donors (Lipinski definition) is 1. The summed E-state index contributed by atoms with van der Waals surface area (Å²) >= 11 is 0. The second kappa shape index (κ2) is 9.60. The lowest BCUT2D eigenvalue weighted by atomic mass is 9.95. The summed E-state index contributed by atoms with van der Waals surface area (Å²) in [4.78, 5) is 23.9. The van der Waals surface area contributed by atoms with Gasteiger partial charge in [-0.3, -0.25) is 4.79 Å². The van der Waals surface area contributed by atoms with Crippen LogP contribution in [0.1, 0.15) is 36.9 Å². The van der Waals surface area contributed by atoms with E-state index in [1.165, 1.54) is 0 Å². The van der Waals surface area contributed by atoms with Crippen LogP contribution in [0.4, 0.5) is 5.82 Å². The average molecular weight is 417 g/mol. The summed E-state index contributed by atoms with van der Waals surface area (Å²) in [5.74, 6) is 2.08. The molecule has 0 bridgehead atoms. The van der Waals surface area contributed by atoms with Crippen LogP contribution in [0.15, 0.2) is 67.0 Å². The van der Waals surface area contributed by atoms with Crippen LogP contribution in [0.25, 0.3) is 0 Å². The largest absolute Gasteiger partial charge is 0.436 e. The molecule has 0 unspecified atom stereocenters. The molecule has 4 rings (SSSR count). The highest BCUT2D eigenvalue weighted by atomic mass is 16.5. The predicted octanol–water partition coefficient (Wildman–Crippen LogP) is 4.67. The Morgan fingerprint density at radius 2 is 1.81 bits per heavy atom. The van der Waals surface area contributed by atoms with Crippen molar-refractivity contribution in [3.05, 3.63) is 78.1 Å². The van der Waals surface area contributed by atoms with Gasteiger partial charge in [-0.05, 0) is 49.9 Å². The number of anilines is 1. The highest BCUT2D eigenvalue weighted by Gasteiger charge is 2.28. The summed E-state index contributed by atoms with van der Waals surface area (Å²) in [7, 11) is 0. The molecule has 6 nitrogen and oxygen atoms in total. The van der Waals surface area contributed by atoms with Gasteiger partial charge in [0, 0.05) is 31.4 Å². The number of ether oxygens (including phenoxy) is 1. The summed E-state index contributed by atoms with van der Waals surface area (Å²) < 4.78 is 6.02. The molecule has 0 radical (unpaired) electrons. The van der Waals surface area contributed by atoms with Gasteiger partial charge in [0.2, 0.25) is 5.91 Å². The SMILES string of the molecule is Cc1cccc(Oc2nccnc2N2CCC(C(=O)N[C@@H](C)c3ccccc3)CC2)c1. The van der Waals surface area contributed by atoms with Gasteiger partial charge in [-0.15, -0.1) is 0 Å². The fraction of sp³-hybridized carbons (Fsp3) is 0.320. The molecule has 1 fully saturated rings. The van der Waals surface area contributed by atoms with Crippen LogP contribution in [-0.2, 0) is 4.79 Å². The number of nitrogens with zero attached hydrogens (tertiary/aromatic N) is 3. The fourth-order valence-corrected chi connectivity index (χ4v) is 3.91. The number of aryl methyl sites for hydroxylation is 1. The molecule has 31 heavy (non-hydrogen) atoms. The molecule has 0 saturated carbocycles. The molecule has 6 heteroatoms. The van der Waals surface area contributed by atoms with Gasteiger partial charge in [0.15, 0.2) is 5.82 Å². The third-order valence-corrected chi connectivity index (χ3v) is 5.67. The van der Waals surface area contributed by atoms with Gasteiger partial charge in [0.1, 0.15) is 5.75 Å². The lowest BCUT2D eigenvalue weighted by molar-refractivity contribution is -0.126. The van der Waals surface area contributed by atoms with E-state index in [9.17, 15) is 4.79 Å². The molecule has 2 aromatic carbocycles. The first kappa shape index (κ1) is 20.8. The predicted molar refractivity (Wildman–Crippen MR) is 121 cm³/mol. The monoisotopic (exact) mass is 416 g/mol. The Morgan fingerprint density at radius 3 is 2.55 bits per heavy atom. The molecule has 3 aromatic rings. The Hall–Kier alpha value is -3.41. The first-order valence-corrected chi connectivity index (χ1v) is 10.8. The molecule has 1 N–H and O–H groups in total. The summed E-state index contributed by atoms with van der Waals surface area (Å²) in [5, 5.41) is 3.16. The number of carbonyl (C=O) groups excluding carboxylic acids is 1. The Bertz CT molecular complexity index is 1020. The summed E-state index contributed by atoms with van der Waals surface area (Å²) in [5.41, 5.74) is 2.24. The number of hydrogen-bond acceptors (Lipinski definition) is 5.